The van der Waals surface area contributed by atoms with Crippen molar-refractivity contribution in [2.24, 2.45) is 0 Å². The number of pyridine rings is 1. The van der Waals surface area contributed by atoms with Crippen LogP contribution in [0.15, 0.2) is 41.1 Å². The smallest absolute Gasteiger partial charge is 0.105 e. The molecule has 0 saturated heterocycles. The zero-order valence-corrected chi connectivity index (χ0v) is 10.3. The highest BCUT2D eigenvalue weighted by Crippen LogP contribution is 2.18. The molecule has 3 nitrogen and oxygen atoms in total. The van der Waals surface area contributed by atoms with Crippen molar-refractivity contribution in [2.75, 3.05) is 6.54 Å². The molecule has 17 heavy (non-hydrogen) atoms. The van der Waals surface area contributed by atoms with Gasteiger partial charge >= 0.3 is 0 Å². The minimum Gasteiger partial charge on any atom is -0.469 e. The van der Waals surface area contributed by atoms with E-state index < -0.39 is 0 Å². The molecule has 2 rings (SSSR count). The third-order valence-corrected chi connectivity index (χ3v) is 2.76. The van der Waals surface area contributed by atoms with Gasteiger partial charge in [-0.15, -0.1) is 0 Å². The van der Waals surface area contributed by atoms with Gasteiger partial charge in [-0.3, -0.25) is 4.98 Å². The fourth-order valence-corrected chi connectivity index (χ4v) is 1.97. The van der Waals surface area contributed by atoms with E-state index in [9.17, 15) is 0 Å². The zero-order chi connectivity index (χ0) is 12.1. The van der Waals surface area contributed by atoms with Gasteiger partial charge < -0.3 is 9.73 Å². The highest BCUT2D eigenvalue weighted by atomic mass is 16.3. The molecule has 1 atom stereocenters. The molecule has 2 heterocycles. The number of nitrogens with zero attached hydrogens (tertiary/aromatic N) is 1. The van der Waals surface area contributed by atoms with Crippen LogP contribution in [0.1, 0.15) is 30.0 Å². The molecule has 0 fully saturated rings. The Kier molecular flexibility index (Phi) is 3.94. The molecule has 2 aromatic heterocycles. The second kappa shape index (κ2) is 5.64. The van der Waals surface area contributed by atoms with E-state index in [0.29, 0.717) is 0 Å². The maximum atomic E-state index is 5.41. The van der Waals surface area contributed by atoms with Crippen molar-refractivity contribution in [1.82, 2.24) is 10.3 Å². The summed E-state index contributed by atoms with van der Waals surface area (Å²) in [6.45, 7) is 5.06. The van der Waals surface area contributed by atoms with Gasteiger partial charge in [0, 0.05) is 24.4 Å². The van der Waals surface area contributed by atoms with Gasteiger partial charge in [-0.05, 0) is 43.3 Å². The fraction of sp³-hybridized carbons (Fsp3) is 0.357. The van der Waals surface area contributed by atoms with Crippen molar-refractivity contribution in [1.29, 1.82) is 0 Å². The Hall–Kier alpha value is -1.61. The number of aromatic nitrogens is 1. The lowest BCUT2D eigenvalue weighted by atomic mass is 10.0. The van der Waals surface area contributed by atoms with Crippen LogP contribution in [0, 0.1) is 6.92 Å². The number of hydrogen-bond donors (Lipinski definition) is 1. The summed E-state index contributed by atoms with van der Waals surface area (Å²) in [7, 11) is 0. The molecule has 3 heteroatoms. The number of aryl methyl sites for hydroxylation is 1. The quantitative estimate of drug-likeness (QED) is 0.858. The van der Waals surface area contributed by atoms with E-state index in [1.54, 1.807) is 6.26 Å². The van der Waals surface area contributed by atoms with Gasteiger partial charge in [-0.2, -0.15) is 0 Å². The molecule has 2 aromatic rings. The van der Waals surface area contributed by atoms with E-state index in [4.69, 9.17) is 4.42 Å². The second-order valence-electron chi connectivity index (χ2n) is 4.12. The van der Waals surface area contributed by atoms with Gasteiger partial charge in [0.05, 0.1) is 6.26 Å². The Morgan fingerprint density at radius 1 is 1.41 bits per heavy atom. The van der Waals surface area contributed by atoms with Crippen LogP contribution in [0.5, 0.6) is 0 Å². The predicted molar refractivity (Wildman–Crippen MR) is 67.8 cm³/mol. The van der Waals surface area contributed by atoms with Gasteiger partial charge in [0.25, 0.3) is 0 Å². The van der Waals surface area contributed by atoms with Crippen molar-refractivity contribution < 1.29 is 4.42 Å². The van der Waals surface area contributed by atoms with Crippen molar-refractivity contribution in [3.8, 4) is 0 Å². The summed E-state index contributed by atoms with van der Waals surface area (Å²) in [6, 6.07) is 8.40. The van der Waals surface area contributed by atoms with Crippen molar-refractivity contribution >= 4 is 0 Å². The first kappa shape index (κ1) is 11.9. The zero-order valence-electron chi connectivity index (χ0n) is 10.3. The largest absolute Gasteiger partial charge is 0.469 e. The molecule has 0 aliphatic carbocycles. The van der Waals surface area contributed by atoms with Crippen LogP contribution in [0.2, 0.25) is 0 Å². The Morgan fingerprint density at radius 3 is 2.94 bits per heavy atom. The highest BCUT2D eigenvalue weighted by Gasteiger charge is 2.12. The first-order valence-corrected chi connectivity index (χ1v) is 5.98. The number of rotatable bonds is 5. The molecule has 0 amide bonds. The normalized spacial score (nSPS) is 12.6. The SMILES string of the molecule is CCNC(Cc1ccco1)c1ccnc(C)c1. The molecular weight excluding hydrogens is 212 g/mol. The van der Waals surface area contributed by atoms with Crippen molar-refractivity contribution in [3.63, 3.8) is 0 Å². The van der Waals surface area contributed by atoms with Gasteiger partial charge in [-0.1, -0.05) is 6.92 Å². The Balaban J connectivity index is 2.16. The molecule has 1 unspecified atom stereocenters. The summed E-state index contributed by atoms with van der Waals surface area (Å²) in [5.41, 5.74) is 2.31. The Bertz CT molecular complexity index is 451. The van der Waals surface area contributed by atoms with Gasteiger partial charge in [0.15, 0.2) is 0 Å². The summed E-state index contributed by atoms with van der Waals surface area (Å²) in [5, 5.41) is 3.48. The van der Waals surface area contributed by atoms with Gasteiger partial charge in [-0.25, -0.2) is 0 Å². The molecule has 1 N–H and O–H groups in total. The molecule has 0 aromatic carbocycles. The van der Waals surface area contributed by atoms with Crippen LogP contribution in [-0.4, -0.2) is 11.5 Å². The summed E-state index contributed by atoms with van der Waals surface area (Å²) in [6.07, 6.45) is 4.44. The van der Waals surface area contributed by atoms with Crippen LogP contribution >= 0.6 is 0 Å². The first-order chi connectivity index (χ1) is 8.29. The molecule has 0 radical (unpaired) electrons. The summed E-state index contributed by atoms with van der Waals surface area (Å²) in [4.78, 5) is 4.23. The average molecular weight is 230 g/mol. The van der Waals surface area contributed by atoms with Crippen LogP contribution in [0.25, 0.3) is 0 Å². The van der Waals surface area contributed by atoms with Crippen LogP contribution in [-0.2, 0) is 6.42 Å². The molecule has 0 saturated carbocycles. The lowest BCUT2D eigenvalue weighted by molar-refractivity contribution is 0.454. The standard InChI is InChI=1S/C14H18N2O/c1-3-15-14(10-13-5-4-8-17-13)12-6-7-16-11(2)9-12/h4-9,14-15H,3,10H2,1-2H3. The number of hydrogen-bond acceptors (Lipinski definition) is 3. The van der Waals surface area contributed by atoms with Crippen molar-refractivity contribution in [3.05, 3.63) is 53.7 Å². The minimum absolute atomic E-state index is 0.285. The van der Waals surface area contributed by atoms with Crippen molar-refractivity contribution in [2.45, 2.75) is 26.3 Å². The van der Waals surface area contributed by atoms with Crippen LogP contribution in [0.3, 0.4) is 0 Å². The Morgan fingerprint density at radius 2 is 2.29 bits per heavy atom. The third-order valence-electron chi connectivity index (χ3n) is 2.76. The van der Waals surface area contributed by atoms with E-state index in [0.717, 1.165) is 24.4 Å². The summed E-state index contributed by atoms with van der Waals surface area (Å²) >= 11 is 0. The monoisotopic (exact) mass is 230 g/mol. The topological polar surface area (TPSA) is 38.1 Å². The van der Waals surface area contributed by atoms with Crippen LogP contribution < -0.4 is 5.32 Å². The molecular formula is C14H18N2O. The molecule has 0 bridgehead atoms. The summed E-state index contributed by atoms with van der Waals surface area (Å²) in [5.74, 6) is 1.01. The van der Waals surface area contributed by atoms with Crippen LogP contribution in [0.4, 0.5) is 0 Å². The van der Waals surface area contributed by atoms with E-state index in [2.05, 4.69) is 29.4 Å². The van der Waals surface area contributed by atoms with E-state index >= 15 is 0 Å². The lowest BCUT2D eigenvalue weighted by Crippen LogP contribution is -2.22. The van der Waals surface area contributed by atoms with Gasteiger partial charge in [0.2, 0.25) is 0 Å². The maximum absolute atomic E-state index is 5.41. The number of likely N-dealkylation sites (N-methyl/N-ethyl adjacent to an activating group) is 1. The molecule has 0 spiro atoms. The van der Waals surface area contributed by atoms with Gasteiger partial charge in [0.1, 0.15) is 5.76 Å². The highest BCUT2D eigenvalue weighted by molar-refractivity contribution is 5.21. The summed E-state index contributed by atoms with van der Waals surface area (Å²) < 4.78 is 5.41. The molecule has 0 aliphatic rings. The number of furan rings is 1. The molecule has 90 valence electrons. The maximum Gasteiger partial charge on any atom is 0.105 e. The van der Waals surface area contributed by atoms with E-state index in [1.807, 2.05) is 25.3 Å². The lowest BCUT2D eigenvalue weighted by Gasteiger charge is -2.17. The fourth-order valence-electron chi connectivity index (χ4n) is 1.97. The first-order valence-electron chi connectivity index (χ1n) is 5.98. The van der Waals surface area contributed by atoms with E-state index in [-0.39, 0.29) is 6.04 Å². The Labute approximate surface area is 102 Å². The van der Waals surface area contributed by atoms with E-state index in [1.165, 1.54) is 5.56 Å². The minimum atomic E-state index is 0.285. The predicted octanol–water partition coefficient (Wildman–Crippen LogP) is 2.88. The third kappa shape index (κ3) is 3.17. The average Bonchev–Trinajstić information content (AvgIpc) is 2.81. The second-order valence-corrected chi connectivity index (χ2v) is 4.12. The molecule has 0 aliphatic heterocycles. The number of nitrogens with one attached hydrogen (secondary N) is 1.